The van der Waals surface area contributed by atoms with Gasteiger partial charge in [0.15, 0.2) is 18.2 Å². The van der Waals surface area contributed by atoms with Crippen LogP contribution in [-0.4, -0.2) is 177 Å². The molecule has 125 heavy (non-hydrogen) atoms. The number of nitrogens with zero attached hydrogens (tertiary/aromatic N) is 2. The second-order valence-electron chi connectivity index (χ2n) is 34.5. The maximum absolute atomic E-state index is 14.8. The van der Waals surface area contributed by atoms with Crippen LogP contribution in [-0.2, 0) is 106 Å². The first kappa shape index (κ1) is 99.2. The van der Waals surface area contributed by atoms with Gasteiger partial charge in [0.05, 0.1) is 19.1 Å². The molecule has 14 rings (SSSR count). The number of aryl methyl sites for hydroxylation is 2. The Labute approximate surface area is 739 Å². The average molecular weight is 1740 g/mol. The molecule has 12 N–H and O–H groups in total. The number of esters is 2. The lowest BCUT2D eigenvalue weighted by Crippen LogP contribution is -2.61. The molecule has 6 aromatic rings. The van der Waals surface area contributed by atoms with Crippen LogP contribution >= 0.6 is 12.4 Å². The molecular formula is C94H121BClN10O19. The molecule has 10 bridgehead atoms. The second kappa shape index (κ2) is 46.7. The lowest BCUT2D eigenvalue weighted by molar-refractivity contribution is -0.159. The number of carboxylic acid groups (broad SMARTS) is 1. The number of rotatable bonds is 23. The zero-order valence-corrected chi connectivity index (χ0v) is 73.4. The number of amides is 9. The highest BCUT2D eigenvalue weighted by molar-refractivity contribution is 5.96. The number of aliphatic carboxylic acids is 1. The average Bonchev–Trinajstić information content (AvgIpc) is 0.781. The lowest BCUT2D eigenvalue weighted by Gasteiger charge is -2.41. The van der Waals surface area contributed by atoms with Gasteiger partial charge in [0.25, 0.3) is 11.8 Å². The first-order valence-corrected chi connectivity index (χ1v) is 43.0. The number of halogens is 1. The monoisotopic (exact) mass is 1740 g/mol. The van der Waals surface area contributed by atoms with E-state index in [0.717, 1.165) is 104 Å². The van der Waals surface area contributed by atoms with E-state index in [-0.39, 0.29) is 101 Å². The van der Waals surface area contributed by atoms with E-state index >= 15 is 0 Å². The van der Waals surface area contributed by atoms with Gasteiger partial charge in [-0.2, -0.15) is 0 Å². The van der Waals surface area contributed by atoms with E-state index in [1.165, 1.54) is 9.80 Å². The quantitative estimate of drug-likeness (QED) is 0.0210. The zero-order valence-electron chi connectivity index (χ0n) is 72.6. The summed E-state index contributed by atoms with van der Waals surface area (Å²) >= 11 is 0. The highest BCUT2D eigenvalue weighted by Gasteiger charge is 2.45. The van der Waals surface area contributed by atoms with Gasteiger partial charge in [-0.1, -0.05) is 162 Å². The van der Waals surface area contributed by atoms with E-state index in [2.05, 4.69) is 37.2 Å². The third-order valence-electron chi connectivity index (χ3n) is 22.7. The number of fused-ring (bicyclic) bond motifs is 14. The number of carbonyl (C=O) groups excluding carboxylic acids is 11. The highest BCUT2D eigenvalue weighted by Crippen LogP contribution is 2.37. The van der Waals surface area contributed by atoms with Gasteiger partial charge >= 0.3 is 17.9 Å². The summed E-state index contributed by atoms with van der Waals surface area (Å²) in [4.78, 5) is 161. The van der Waals surface area contributed by atoms with Crippen LogP contribution in [0.15, 0.2) is 146 Å². The van der Waals surface area contributed by atoms with E-state index < -0.39 is 132 Å². The molecule has 2 aliphatic carbocycles. The SMILES string of the molecule is CCCC(N)C(O)C(=O)NCC(=O)N[C@H](C(=O)OC(C)(C)C)c1ccccc1.CCCC(NC(=O)[C@@H]1Cc2ccc3cc2CN1C(=O)[C@H](C1CCCCC1)NC(=O)CCc1ccc(cc1)O3)C(O)C(=O)NCC(=O)N[C@H](C(=O)OC(C)(C)C)c1ccccc1.Cl.O=C1CCc2ccc(cc2)Oc2ccc3c(c2)CN(C(=O)[C@H](C2CCCCC2)N1)[C@H](C(=O)O)C3.[B]. The second-order valence-corrected chi connectivity index (χ2v) is 34.5. The number of nitrogens with one attached hydrogen (secondary N) is 7. The maximum Gasteiger partial charge on any atom is 0.333 e. The van der Waals surface area contributed by atoms with Crippen molar-refractivity contribution in [2.24, 2.45) is 17.6 Å². The third kappa shape index (κ3) is 28.9. The molecule has 6 aromatic carbocycles. The summed E-state index contributed by atoms with van der Waals surface area (Å²) in [6, 6.07) is 36.2. The highest BCUT2D eigenvalue weighted by atomic mass is 35.5. The standard InChI is InChI=1S/C47H59N5O9.C27H30N2O5.C20H31N3O5.B.ClH/c1-5-12-36(42(55)44(57)48-27-39(54)51-41(31-15-10-7-11-16-31)46(59)61-47(2,3)4)49-43(56)37-26-32-20-23-35-25-33(32)28-52(37)45(58)40(30-13-8-6-9-14-30)50-38(53)24-19-29-17-21-34(60-35)22-18-29;30-24-13-8-17-6-10-21(11-7-17)34-22-12-9-19-15-23(27(32)33)29(16-20(19)14-22)26(31)25(28-24)18-4-2-1-3-5-18;1-5-9-14(21)17(25)18(26)22-12-15(24)23-16(13-10-7-6-8-11-13)19(27)28-20(2,3)4;;/h7,10-11,15-18,20-23,25,30,36-37,40-42,55H,5-6,8-9,12-14,19,24,26-28H2,1-4H3,(H,48,57)(H,49,56)(H,50,53)(H,51,54);6-7,9-12,14,18,23,25H,1-5,8,13,15-16H2,(H,28,30)(H,32,33);6-8,10-11,14,16-17,25H,5,9,12,21H2,1-4H3,(H,22,26)(H,23,24);;1H/t36?,37-,40-,41-,42?;23-,25-;14?,16-,17?;;/m000../s1. The summed E-state index contributed by atoms with van der Waals surface area (Å²) in [5.74, 6) is -4.42. The normalized spacial score (nSPS) is 19.3. The molecule has 4 unspecified atom stereocenters. The number of aliphatic hydroxyl groups is 2. The van der Waals surface area contributed by atoms with Crippen molar-refractivity contribution >= 4 is 91.9 Å². The molecule has 3 radical (unpaired) electrons. The maximum atomic E-state index is 14.8. The van der Waals surface area contributed by atoms with Crippen LogP contribution in [0.25, 0.3) is 0 Å². The van der Waals surface area contributed by atoms with Crippen molar-refractivity contribution in [2.45, 2.75) is 269 Å². The van der Waals surface area contributed by atoms with Crippen molar-refractivity contribution in [3.8, 4) is 23.0 Å². The molecule has 9 amide bonds. The van der Waals surface area contributed by atoms with Crippen LogP contribution < -0.4 is 52.4 Å². The van der Waals surface area contributed by atoms with E-state index in [0.29, 0.717) is 59.8 Å². The fraction of sp³-hybridized carbons (Fsp3) is 0.489. The summed E-state index contributed by atoms with van der Waals surface area (Å²) in [6.07, 6.45) is 9.93. The van der Waals surface area contributed by atoms with Gasteiger partial charge in [0.1, 0.15) is 64.5 Å². The number of ether oxygens (including phenoxy) is 4. The van der Waals surface area contributed by atoms with E-state index in [4.69, 9.17) is 24.7 Å². The van der Waals surface area contributed by atoms with Crippen molar-refractivity contribution in [3.63, 3.8) is 0 Å². The topological polar surface area (TPSA) is 419 Å². The molecule has 671 valence electrons. The first-order valence-electron chi connectivity index (χ1n) is 43.0. The Morgan fingerprint density at radius 3 is 1.27 bits per heavy atom. The van der Waals surface area contributed by atoms with Crippen LogP contribution in [0.3, 0.4) is 0 Å². The molecule has 31 heteroatoms. The molecule has 10 atom stereocenters. The third-order valence-corrected chi connectivity index (χ3v) is 22.7. The number of aliphatic hydroxyl groups excluding tert-OH is 2. The molecular weight excluding hydrogens is 1620 g/mol. The van der Waals surface area contributed by atoms with Crippen molar-refractivity contribution in [1.82, 2.24) is 47.0 Å². The summed E-state index contributed by atoms with van der Waals surface area (Å²) in [5, 5.41) is 50.1. The number of hydrogen-bond acceptors (Lipinski definition) is 19. The van der Waals surface area contributed by atoms with Crippen molar-refractivity contribution in [2.75, 3.05) is 13.1 Å². The molecule has 6 heterocycles. The largest absolute Gasteiger partial charge is 0.480 e. The van der Waals surface area contributed by atoms with Gasteiger partial charge in [-0.15, -0.1) is 12.4 Å². The van der Waals surface area contributed by atoms with E-state index in [1.54, 1.807) is 102 Å². The summed E-state index contributed by atoms with van der Waals surface area (Å²) in [7, 11) is 0. The predicted molar refractivity (Wildman–Crippen MR) is 470 cm³/mol. The molecule has 0 aromatic heterocycles. The van der Waals surface area contributed by atoms with Crippen LogP contribution in [0, 0.1) is 11.8 Å². The van der Waals surface area contributed by atoms with E-state index in [9.17, 15) is 72.9 Å². The fourth-order valence-corrected chi connectivity index (χ4v) is 16.3. The van der Waals surface area contributed by atoms with Gasteiger partial charge < -0.3 is 87.0 Å². The number of nitrogens with two attached hydrogens (primary N) is 1. The summed E-state index contributed by atoms with van der Waals surface area (Å²) in [6.45, 7) is 13.4. The number of hydrogen-bond donors (Lipinski definition) is 11. The van der Waals surface area contributed by atoms with Gasteiger partial charge in [-0.05, 0) is 198 Å². The van der Waals surface area contributed by atoms with Crippen molar-refractivity contribution in [3.05, 3.63) is 190 Å². The molecule has 29 nitrogen and oxygen atoms in total. The molecule has 8 aliphatic rings. The Hall–Kier alpha value is -11.2. The molecule has 0 saturated heterocycles. The Balaban J connectivity index is 0.000000255. The molecule has 6 aliphatic heterocycles. The number of carboxylic acids is 1. The Bertz CT molecular complexity index is 4680. The van der Waals surface area contributed by atoms with Crippen molar-refractivity contribution < 1.29 is 91.8 Å². The zero-order chi connectivity index (χ0) is 88.7. The Morgan fingerprint density at radius 1 is 0.496 bits per heavy atom. The minimum Gasteiger partial charge on any atom is -0.480 e. The van der Waals surface area contributed by atoms with Gasteiger partial charge in [-0.25, -0.2) is 14.4 Å². The number of benzene rings is 6. The van der Waals surface area contributed by atoms with Crippen molar-refractivity contribution in [1.29, 1.82) is 0 Å². The van der Waals surface area contributed by atoms with Crippen LogP contribution in [0.2, 0.25) is 0 Å². The van der Waals surface area contributed by atoms with Gasteiger partial charge in [0, 0.05) is 53.2 Å². The number of carbonyl (C=O) groups is 12. The lowest BCUT2D eigenvalue weighted by atomic mass is 9.82. The Morgan fingerprint density at radius 2 is 0.880 bits per heavy atom. The predicted octanol–water partition coefficient (Wildman–Crippen LogP) is 9.36. The Kier molecular flexibility index (Phi) is 37.0. The minimum atomic E-state index is -1.76. The molecule has 0 spiro atoms. The minimum absolute atomic E-state index is 0. The van der Waals surface area contributed by atoms with Crippen LogP contribution in [0.4, 0.5) is 0 Å². The van der Waals surface area contributed by atoms with Crippen LogP contribution in [0.5, 0.6) is 23.0 Å². The summed E-state index contributed by atoms with van der Waals surface area (Å²) in [5.41, 5.74) is 10.6. The van der Waals surface area contributed by atoms with Crippen LogP contribution in [0.1, 0.15) is 215 Å². The first-order chi connectivity index (χ1) is 58.7. The fourth-order valence-electron chi connectivity index (χ4n) is 16.3. The summed E-state index contributed by atoms with van der Waals surface area (Å²) < 4.78 is 23.1. The van der Waals surface area contributed by atoms with E-state index in [1.807, 2.05) is 98.8 Å². The smallest absolute Gasteiger partial charge is 0.333 e. The molecule has 2 fully saturated rings. The van der Waals surface area contributed by atoms with Gasteiger partial charge in [0.2, 0.25) is 41.4 Å². The van der Waals surface area contributed by atoms with Gasteiger partial charge in [-0.3, -0.25) is 43.2 Å². The molecule has 2 saturated carbocycles.